The fourth-order valence-electron chi connectivity index (χ4n) is 8.44. The zero-order chi connectivity index (χ0) is 56.0. The van der Waals surface area contributed by atoms with Gasteiger partial charge < -0.3 is 0 Å². The molecule has 0 saturated carbocycles. The highest BCUT2D eigenvalue weighted by molar-refractivity contribution is 7.20. The minimum atomic E-state index is -7.22. The van der Waals surface area contributed by atoms with E-state index in [1.165, 1.54) is 0 Å². The monoisotopic (exact) mass is 1090 g/mol. The van der Waals surface area contributed by atoms with E-state index in [0.717, 1.165) is 16.6 Å². The summed E-state index contributed by atoms with van der Waals surface area (Å²) in [5.41, 5.74) is -2.59. The standard InChI is InChI=1S/C25H19N4O2.C24BF20/c26-28-27-21-11-6-10-20(15-21)24(30)16-22-14-13-18-7-4-5-12-23(18)29(22)17-25(31)19-8-2-1-3-9-19;26-5-1(6(27)14(35)21(42)13(5)34)25(2-7(28)15(36)22(43)16(37)8(2)29,3-9(30)17(38)23(44)18(39)10(3)31)4-11(32)19(40)24(45)20(41)12(4)33/h1-15H,16-17H2;/q+1;-1. The maximum absolute atomic E-state index is 15.4. The van der Waals surface area contributed by atoms with Crippen LogP contribution in [0.1, 0.15) is 26.4 Å². The first-order valence-electron chi connectivity index (χ1n) is 20.8. The second kappa shape index (κ2) is 21.2. The Kier molecular flexibility index (Phi) is 15.4. The van der Waals surface area contributed by atoms with Crippen LogP contribution in [-0.2, 0) is 13.0 Å². The summed E-state index contributed by atoms with van der Waals surface area (Å²) in [7, 11) is 0. The Labute approximate surface area is 410 Å². The lowest BCUT2D eigenvalue weighted by Gasteiger charge is -2.44. The van der Waals surface area contributed by atoms with Gasteiger partial charge in [0.2, 0.25) is 17.8 Å². The third-order valence-electron chi connectivity index (χ3n) is 11.8. The third kappa shape index (κ3) is 9.08. The molecule has 76 heavy (non-hydrogen) atoms. The van der Waals surface area contributed by atoms with E-state index >= 15 is 35.1 Å². The molecule has 0 bridgehead atoms. The van der Waals surface area contributed by atoms with Crippen molar-refractivity contribution in [3.8, 4) is 0 Å². The van der Waals surface area contributed by atoms with E-state index in [9.17, 15) is 62.3 Å². The Balaban J connectivity index is 0.000000236. The number of para-hydroxylation sites is 1. The number of carbonyl (C=O) groups excluding carboxylic acids is 2. The maximum Gasteiger partial charge on any atom is 0.227 e. The molecule has 6 nitrogen and oxygen atoms in total. The molecule has 1 aromatic heterocycles. The number of halogens is 20. The molecule has 0 aliphatic rings. The molecule has 27 heteroatoms. The number of benzene rings is 7. The highest BCUT2D eigenvalue weighted by Gasteiger charge is 2.52. The molecule has 0 spiro atoms. The van der Waals surface area contributed by atoms with Gasteiger partial charge in [-0.1, -0.05) is 65.8 Å². The fourth-order valence-corrected chi connectivity index (χ4v) is 8.44. The van der Waals surface area contributed by atoms with Gasteiger partial charge in [0, 0.05) is 39.2 Å². The van der Waals surface area contributed by atoms with Crippen LogP contribution >= 0.6 is 0 Å². The molecular weight excluding hydrogens is 1070 g/mol. The van der Waals surface area contributed by atoms with Crippen molar-refractivity contribution in [2.24, 2.45) is 5.11 Å². The maximum atomic E-state index is 15.4. The first kappa shape index (κ1) is 55.0. The smallest absolute Gasteiger partial charge is 0.227 e. The number of aromatic nitrogens is 1. The average Bonchev–Trinajstić information content (AvgIpc) is 3.41. The molecule has 0 saturated heterocycles. The van der Waals surface area contributed by atoms with Gasteiger partial charge in [-0.3, -0.25) is 9.59 Å². The molecule has 0 atom stereocenters. The highest BCUT2D eigenvalue weighted by Crippen LogP contribution is 2.31. The summed E-state index contributed by atoms with van der Waals surface area (Å²) in [5, 5.41) is 4.56. The predicted molar refractivity (Wildman–Crippen MR) is 227 cm³/mol. The summed E-state index contributed by atoms with van der Waals surface area (Å²) >= 11 is 0. The summed E-state index contributed by atoms with van der Waals surface area (Å²) in [6, 6.07) is 27.3. The van der Waals surface area contributed by atoms with E-state index < -0.39 is 144 Å². The minimum absolute atomic E-state index is 0.0268. The van der Waals surface area contributed by atoms with Crippen molar-refractivity contribution in [3.63, 3.8) is 0 Å². The second-order valence-electron chi connectivity index (χ2n) is 15.9. The number of carbonyl (C=O) groups is 2. The van der Waals surface area contributed by atoms with Gasteiger partial charge in [-0.05, 0) is 23.7 Å². The first-order valence-corrected chi connectivity index (χ1v) is 20.8. The summed E-state index contributed by atoms with van der Waals surface area (Å²) in [6.45, 7) is 0.132. The molecule has 0 aliphatic heterocycles. The lowest BCUT2D eigenvalue weighted by Crippen LogP contribution is -2.81. The summed E-state index contributed by atoms with van der Waals surface area (Å²) in [4.78, 5) is 28.7. The van der Waals surface area contributed by atoms with Crippen molar-refractivity contribution in [3.05, 3.63) is 235 Å². The fraction of sp³-hybridized carbons (Fsp3) is 0.0408. The predicted octanol–water partition coefficient (Wildman–Crippen LogP) is 11.2. The topological polar surface area (TPSA) is 86.8 Å². The molecule has 0 N–H and O–H groups in total. The number of pyridine rings is 1. The van der Waals surface area contributed by atoms with Crippen LogP contribution in [0.25, 0.3) is 21.3 Å². The van der Waals surface area contributed by atoms with E-state index in [1.54, 1.807) is 36.4 Å². The molecule has 0 radical (unpaired) electrons. The molecule has 7 aromatic carbocycles. The van der Waals surface area contributed by atoms with Gasteiger partial charge in [-0.15, -0.1) is 21.9 Å². The van der Waals surface area contributed by atoms with Crippen LogP contribution in [0.15, 0.2) is 96.1 Å². The average molecular weight is 1090 g/mol. The van der Waals surface area contributed by atoms with E-state index in [2.05, 4.69) is 10.0 Å². The van der Waals surface area contributed by atoms with Crippen LogP contribution in [-0.4, -0.2) is 17.7 Å². The van der Waals surface area contributed by atoms with Crippen LogP contribution in [0.2, 0.25) is 0 Å². The first-order chi connectivity index (χ1) is 35.9. The SMILES string of the molecule is Fc1c(F)c(F)c([B-](c2c(F)c(F)c(F)c(F)c2F)(c2c(F)c(F)c(F)c(F)c2F)c2c(F)c(F)c(F)c(F)c2F)c(F)c1F.[N-]=[N+]=Nc1cccc(C(=O)Cc2ccc3ccccc3[n+]2CC(=O)c2ccccc2)c1. The summed E-state index contributed by atoms with van der Waals surface area (Å²) < 4.78 is 296. The third-order valence-corrected chi connectivity index (χ3v) is 11.8. The van der Waals surface area contributed by atoms with Gasteiger partial charge in [0.25, 0.3) is 0 Å². The number of Topliss-reactive ketones (excluding diaryl/α,β-unsaturated/α-hetero) is 2. The summed E-state index contributed by atoms with van der Waals surface area (Å²) in [5.74, 6) is -71.6. The van der Waals surface area contributed by atoms with Gasteiger partial charge in [0.1, 0.15) is 52.7 Å². The molecule has 0 amide bonds. The van der Waals surface area contributed by atoms with Crippen molar-refractivity contribution in [1.29, 1.82) is 0 Å². The van der Waals surface area contributed by atoms with Crippen LogP contribution < -0.4 is 26.4 Å². The van der Waals surface area contributed by atoms with Gasteiger partial charge in [-0.25, -0.2) is 87.8 Å². The van der Waals surface area contributed by atoms with Gasteiger partial charge >= 0.3 is 0 Å². The second-order valence-corrected chi connectivity index (χ2v) is 15.9. The van der Waals surface area contributed by atoms with Crippen molar-refractivity contribution in [2.45, 2.75) is 13.0 Å². The molecule has 8 rings (SSSR count). The number of hydrogen-bond acceptors (Lipinski definition) is 3. The van der Waals surface area contributed by atoms with Crippen molar-refractivity contribution in [1.82, 2.24) is 0 Å². The number of fused-ring (bicyclic) bond motifs is 1. The van der Waals surface area contributed by atoms with Gasteiger partial charge in [0.15, 0.2) is 81.3 Å². The Morgan fingerprint density at radius 3 is 1.16 bits per heavy atom. The lowest BCUT2D eigenvalue weighted by molar-refractivity contribution is -0.664. The molecule has 8 aromatic rings. The Bertz CT molecular complexity index is 3400. The van der Waals surface area contributed by atoms with Gasteiger partial charge in [0.05, 0.1) is 6.42 Å². The molecule has 390 valence electrons. The molecular formula is C49H19BF20N4O2. The number of azide groups is 1. The van der Waals surface area contributed by atoms with E-state index in [1.807, 2.05) is 59.2 Å². The van der Waals surface area contributed by atoms with E-state index in [-0.39, 0.29) is 24.5 Å². The number of ketones is 2. The summed E-state index contributed by atoms with van der Waals surface area (Å²) in [6.07, 6.45) is -7.10. The van der Waals surface area contributed by atoms with Crippen molar-refractivity contribution >= 4 is 56.2 Å². The van der Waals surface area contributed by atoms with Crippen LogP contribution in [0, 0.1) is 116 Å². The largest absolute Gasteiger partial charge is 0.294 e. The van der Waals surface area contributed by atoms with Crippen LogP contribution in [0.3, 0.4) is 0 Å². The molecule has 0 aliphatic carbocycles. The zero-order valence-corrected chi connectivity index (χ0v) is 36.8. The Morgan fingerprint density at radius 1 is 0.408 bits per heavy atom. The quantitative estimate of drug-likeness (QED) is 0.0149. The Morgan fingerprint density at radius 2 is 0.763 bits per heavy atom. The van der Waals surface area contributed by atoms with E-state index in [4.69, 9.17) is 5.53 Å². The normalized spacial score (nSPS) is 11.4. The number of hydrogen-bond donors (Lipinski definition) is 0. The van der Waals surface area contributed by atoms with Crippen LogP contribution in [0.4, 0.5) is 93.5 Å². The number of rotatable bonds is 11. The van der Waals surface area contributed by atoms with Crippen LogP contribution in [0.5, 0.6) is 0 Å². The highest BCUT2D eigenvalue weighted by atomic mass is 19.2. The minimum Gasteiger partial charge on any atom is -0.294 e. The molecule has 0 fully saturated rings. The Hall–Kier alpha value is -8.74. The molecule has 0 unspecified atom stereocenters. The number of nitrogens with zero attached hydrogens (tertiary/aromatic N) is 4. The van der Waals surface area contributed by atoms with E-state index in [0.29, 0.717) is 16.8 Å². The lowest BCUT2D eigenvalue weighted by atomic mass is 9.12. The zero-order valence-electron chi connectivity index (χ0n) is 36.8. The van der Waals surface area contributed by atoms with Gasteiger partial charge in [-0.2, -0.15) is 4.57 Å². The van der Waals surface area contributed by atoms with Crippen molar-refractivity contribution < 1.29 is 102 Å². The molecule has 1 heterocycles. The van der Waals surface area contributed by atoms with Crippen molar-refractivity contribution in [2.75, 3.05) is 0 Å².